The molecule has 0 radical (unpaired) electrons. The quantitative estimate of drug-likeness (QED) is 0.690. The van der Waals surface area contributed by atoms with Crippen LogP contribution in [0.2, 0.25) is 0 Å². The first-order valence-corrected chi connectivity index (χ1v) is 8.33. The zero-order valence-corrected chi connectivity index (χ0v) is 12.1. The minimum atomic E-state index is -3.29. The maximum atomic E-state index is 12.0. The van der Waals surface area contributed by atoms with Crippen LogP contribution in [0.3, 0.4) is 0 Å². The van der Waals surface area contributed by atoms with Crippen LogP contribution in [0.25, 0.3) is 4.96 Å². The molecule has 20 heavy (non-hydrogen) atoms. The Morgan fingerprint density at radius 3 is 2.90 bits per heavy atom. The Balaban J connectivity index is 2.04. The molecule has 2 heterocycles. The summed E-state index contributed by atoms with van der Waals surface area (Å²) < 4.78 is 25.2. The minimum Gasteiger partial charge on any atom is -0.350 e. The van der Waals surface area contributed by atoms with Gasteiger partial charge in [-0.25, -0.2) is 18.1 Å². The van der Waals surface area contributed by atoms with E-state index in [-0.39, 0.29) is 18.7 Å². The molecule has 10 heteroatoms. The Morgan fingerprint density at radius 2 is 2.20 bits per heavy atom. The molecule has 0 atom stereocenters. The average molecular weight is 316 g/mol. The lowest BCUT2D eigenvalue weighted by atomic mass is 10.3. The molecule has 0 aliphatic heterocycles. The molecule has 2 aromatic rings. The highest BCUT2D eigenvalue weighted by atomic mass is 32.2. The Morgan fingerprint density at radius 1 is 1.45 bits per heavy atom. The summed E-state index contributed by atoms with van der Waals surface area (Å²) in [5, 5.41) is 4.15. The van der Waals surface area contributed by atoms with Gasteiger partial charge in [-0.1, -0.05) is 0 Å². The third-order valence-corrected chi connectivity index (χ3v) is 3.86. The maximum absolute atomic E-state index is 12.0. The van der Waals surface area contributed by atoms with E-state index in [0.717, 1.165) is 6.26 Å². The van der Waals surface area contributed by atoms with Gasteiger partial charge in [-0.05, 0) is 0 Å². The van der Waals surface area contributed by atoms with Crippen LogP contribution in [0.15, 0.2) is 22.6 Å². The van der Waals surface area contributed by atoms with Crippen molar-refractivity contribution in [2.45, 2.75) is 0 Å². The molecule has 0 spiro atoms. The monoisotopic (exact) mass is 316 g/mol. The molecule has 0 fully saturated rings. The topological polar surface area (TPSA) is 110 Å². The highest BCUT2D eigenvalue weighted by Gasteiger charge is 2.13. The van der Waals surface area contributed by atoms with Crippen molar-refractivity contribution in [2.75, 3.05) is 19.3 Å². The van der Waals surface area contributed by atoms with Crippen molar-refractivity contribution in [2.24, 2.45) is 0 Å². The van der Waals surface area contributed by atoms with Crippen LogP contribution >= 0.6 is 11.3 Å². The van der Waals surface area contributed by atoms with E-state index >= 15 is 0 Å². The van der Waals surface area contributed by atoms with Crippen molar-refractivity contribution in [3.63, 3.8) is 0 Å². The molecule has 0 unspecified atom stereocenters. The van der Waals surface area contributed by atoms with Gasteiger partial charge >= 0.3 is 0 Å². The summed E-state index contributed by atoms with van der Waals surface area (Å²) in [5.74, 6) is -0.585. The van der Waals surface area contributed by atoms with Gasteiger partial charge in [-0.2, -0.15) is 0 Å². The van der Waals surface area contributed by atoms with Crippen LogP contribution < -0.4 is 15.6 Å². The SMILES string of the molecule is CS(=O)(=O)NCCNC(=O)c1cnc2sccn2c1=O. The molecule has 0 saturated heterocycles. The fourth-order valence-electron chi connectivity index (χ4n) is 1.49. The second-order valence-corrected chi connectivity index (χ2v) is 6.66. The predicted molar refractivity (Wildman–Crippen MR) is 74.5 cm³/mol. The number of rotatable bonds is 5. The van der Waals surface area contributed by atoms with Crippen LogP contribution in [0.5, 0.6) is 0 Å². The summed E-state index contributed by atoms with van der Waals surface area (Å²) in [7, 11) is -3.29. The molecule has 2 aromatic heterocycles. The molecule has 1 amide bonds. The van der Waals surface area contributed by atoms with Crippen molar-refractivity contribution in [1.29, 1.82) is 0 Å². The minimum absolute atomic E-state index is 0.0556. The van der Waals surface area contributed by atoms with Crippen molar-refractivity contribution >= 4 is 32.2 Å². The van der Waals surface area contributed by atoms with Gasteiger partial charge < -0.3 is 5.32 Å². The Bertz CT molecular complexity index is 793. The lowest BCUT2D eigenvalue weighted by Gasteiger charge is -2.05. The fourth-order valence-corrected chi connectivity index (χ4v) is 2.64. The number of fused-ring (bicyclic) bond motifs is 1. The highest BCUT2D eigenvalue weighted by Crippen LogP contribution is 2.05. The molecule has 0 aromatic carbocycles. The number of nitrogens with zero attached hydrogens (tertiary/aromatic N) is 2. The third kappa shape index (κ3) is 3.40. The van der Waals surface area contributed by atoms with Crippen molar-refractivity contribution in [1.82, 2.24) is 19.4 Å². The largest absolute Gasteiger partial charge is 0.350 e. The standard InChI is InChI=1S/C10H12N4O4S2/c1-20(17,18)13-3-2-11-8(15)7-6-12-10-14(9(7)16)4-5-19-10/h4-6,13H,2-3H2,1H3,(H,11,15). The molecule has 0 aliphatic carbocycles. The summed E-state index contributed by atoms with van der Waals surface area (Å²) in [6.07, 6.45) is 3.78. The zero-order chi connectivity index (χ0) is 14.8. The fraction of sp³-hybridized carbons (Fsp3) is 0.300. The third-order valence-electron chi connectivity index (χ3n) is 2.36. The van der Waals surface area contributed by atoms with E-state index in [1.54, 1.807) is 5.38 Å². The molecule has 0 aliphatic rings. The molecular weight excluding hydrogens is 304 g/mol. The first-order valence-electron chi connectivity index (χ1n) is 5.56. The van der Waals surface area contributed by atoms with E-state index in [1.165, 1.54) is 28.1 Å². The Kier molecular flexibility index (Phi) is 4.16. The summed E-state index contributed by atoms with van der Waals surface area (Å²) in [6, 6.07) is 0. The van der Waals surface area contributed by atoms with Crippen LogP contribution in [-0.2, 0) is 10.0 Å². The summed E-state index contributed by atoms with van der Waals surface area (Å²) in [6.45, 7) is 0.137. The number of hydrogen-bond acceptors (Lipinski definition) is 6. The van der Waals surface area contributed by atoms with Gasteiger partial charge in [0.2, 0.25) is 10.0 Å². The van der Waals surface area contributed by atoms with Crippen molar-refractivity contribution < 1.29 is 13.2 Å². The van der Waals surface area contributed by atoms with Crippen LogP contribution in [0, 0.1) is 0 Å². The number of hydrogen-bond donors (Lipinski definition) is 2. The molecule has 2 rings (SSSR count). The number of amides is 1. The summed E-state index contributed by atoms with van der Waals surface area (Å²) in [4.78, 5) is 28.3. The zero-order valence-electron chi connectivity index (χ0n) is 10.5. The lowest BCUT2D eigenvalue weighted by molar-refractivity contribution is 0.0952. The molecule has 0 bridgehead atoms. The van der Waals surface area contributed by atoms with Crippen LogP contribution in [0.4, 0.5) is 0 Å². The molecule has 2 N–H and O–H groups in total. The number of aromatic nitrogens is 2. The first-order chi connectivity index (χ1) is 9.38. The van der Waals surface area contributed by atoms with E-state index in [9.17, 15) is 18.0 Å². The smallest absolute Gasteiger partial charge is 0.271 e. The summed E-state index contributed by atoms with van der Waals surface area (Å²) >= 11 is 1.29. The molecule has 108 valence electrons. The lowest BCUT2D eigenvalue weighted by Crippen LogP contribution is -2.36. The van der Waals surface area contributed by atoms with Gasteiger partial charge in [-0.15, -0.1) is 11.3 Å². The average Bonchev–Trinajstić information content (AvgIpc) is 2.83. The number of carbonyl (C=O) groups is 1. The maximum Gasteiger partial charge on any atom is 0.271 e. The Hall–Kier alpha value is -1.78. The number of sulfonamides is 1. The van der Waals surface area contributed by atoms with E-state index in [1.807, 2.05) is 0 Å². The predicted octanol–water partition coefficient (Wildman–Crippen LogP) is -0.965. The van der Waals surface area contributed by atoms with Gasteiger partial charge in [0.05, 0.1) is 6.26 Å². The normalized spacial score (nSPS) is 11.7. The van der Waals surface area contributed by atoms with Gasteiger partial charge in [-0.3, -0.25) is 14.0 Å². The van der Waals surface area contributed by atoms with E-state index in [2.05, 4.69) is 15.0 Å². The van der Waals surface area contributed by atoms with Gasteiger partial charge in [0, 0.05) is 30.9 Å². The van der Waals surface area contributed by atoms with Crippen LogP contribution in [0.1, 0.15) is 10.4 Å². The Labute approximate surface area is 118 Å². The molecule has 0 saturated carbocycles. The summed E-state index contributed by atoms with van der Waals surface area (Å²) in [5.41, 5.74) is -0.537. The molecular formula is C10H12N4O4S2. The van der Waals surface area contributed by atoms with E-state index in [4.69, 9.17) is 0 Å². The number of nitrogens with one attached hydrogen (secondary N) is 2. The second kappa shape index (κ2) is 5.69. The van der Waals surface area contributed by atoms with Gasteiger partial charge in [0.25, 0.3) is 11.5 Å². The van der Waals surface area contributed by atoms with E-state index in [0.29, 0.717) is 4.96 Å². The molecule has 8 nitrogen and oxygen atoms in total. The van der Waals surface area contributed by atoms with Crippen LogP contribution in [-0.4, -0.2) is 43.1 Å². The first kappa shape index (κ1) is 14.6. The second-order valence-electron chi connectivity index (χ2n) is 3.96. The van der Waals surface area contributed by atoms with Gasteiger partial charge in [0.1, 0.15) is 5.56 Å². The van der Waals surface area contributed by atoms with Crippen molar-refractivity contribution in [3.05, 3.63) is 33.7 Å². The van der Waals surface area contributed by atoms with Crippen molar-refractivity contribution in [3.8, 4) is 0 Å². The van der Waals surface area contributed by atoms with Gasteiger partial charge in [0.15, 0.2) is 4.96 Å². The van der Waals surface area contributed by atoms with E-state index < -0.39 is 21.5 Å². The number of carbonyl (C=O) groups excluding carboxylic acids is 1. The highest BCUT2D eigenvalue weighted by molar-refractivity contribution is 7.88. The number of thiazole rings is 1.